The molecule has 3 fully saturated rings. The number of nitrogens with one attached hydrogen (secondary N) is 4. The second kappa shape index (κ2) is 17.5. The molecule has 2 saturated heterocycles. The molecule has 0 bridgehead atoms. The normalized spacial score (nSPS) is 22.6. The van der Waals surface area contributed by atoms with E-state index in [2.05, 4.69) is 27.8 Å². The molecule has 57 heavy (non-hydrogen) atoms. The van der Waals surface area contributed by atoms with Crippen molar-refractivity contribution in [3.63, 3.8) is 0 Å². The van der Waals surface area contributed by atoms with Gasteiger partial charge in [-0.2, -0.15) is 17.0 Å². The smallest absolute Gasteiger partial charge is 0.424 e. The van der Waals surface area contributed by atoms with Crippen LogP contribution in [0.4, 0.5) is 9.59 Å². The van der Waals surface area contributed by atoms with E-state index in [1.165, 1.54) is 11.0 Å². The third-order valence-electron chi connectivity index (χ3n) is 11.3. The molecule has 1 unspecified atom stereocenters. The number of nitrogens with zero attached hydrogens (tertiary/aromatic N) is 3. The SMILES string of the molecule is C=CCNC(=O)C(=O)C(CCC)NC(=O)[C@@H]1[C@@H]2[C@H](CN1C(=O)[C@@H](NC(=O)N[C@H](CN1CCN(C(=O)OCc3ccccc3)S1(=O)=O)C(C)(C)C)C(C)(C)C)C2(C)C. The second-order valence-corrected chi connectivity index (χ2v) is 19.8. The van der Waals surface area contributed by atoms with Crippen LogP contribution in [0, 0.1) is 28.1 Å². The third-order valence-corrected chi connectivity index (χ3v) is 13.2. The number of ketones is 1. The van der Waals surface area contributed by atoms with Crippen molar-refractivity contribution in [2.75, 3.05) is 32.7 Å². The van der Waals surface area contributed by atoms with Crippen LogP contribution in [0.3, 0.4) is 0 Å². The molecule has 1 aromatic rings. The Morgan fingerprint density at radius 2 is 1.61 bits per heavy atom. The first-order chi connectivity index (χ1) is 26.5. The first-order valence-corrected chi connectivity index (χ1v) is 21.0. The van der Waals surface area contributed by atoms with Crippen LogP contribution in [0.5, 0.6) is 0 Å². The van der Waals surface area contributed by atoms with E-state index in [0.29, 0.717) is 16.3 Å². The van der Waals surface area contributed by atoms with Gasteiger partial charge in [0.15, 0.2) is 0 Å². The van der Waals surface area contributed by atoms with Gasteiger partial charge >= 0.3 is 22.3 Å². The molecular weight excluding hydrogens is 755 g/mol. The van der Waals surface area contributed by atoms with Gasteiger partial charge in [-0.3, -0.25) is 19.2 Å². The number of ether oxygens (including phenoxy) is 1. The van der Waals surface area contributed by atoms with Gasteiger partial charge < -0.3 is 30.9 Å². The Kier molecular flexibility index (Phi) is 13.9. The number of Topliss-reactive ketones (excluding diaryl/α,β-unsaturated/α-hetero) is 1. The first-order valence-electron chi connectivity index (χ1n) is 19.6. The van der Waals surface area contributed by atoms with Crippen molar-refractivity contribution in [2.24, 2.45) is 28.1 Å². The maximum atomic E-state index is 14.5. The van der Waals surface area contributed by atoms with E-state index < -0.39 is 80.8 Å². The Morgan fingerprint density at radius 1 is 0.965 bits per heavy atom. The van der Waals surface area contributed by atoms with Crippen LogP contribution in [-0.2, 0) is 40.7 Å². The molecule has 6 atom stereocenters. The standard InChI is InChI=1S/C40H61N7O9S/c1-11-16-27(31(48)34(50)41-19-12-2)42-33(49)30-29-26(40(29,9)10)22-46(30)35(51)32(39(6,7)8)44-36(52)43-28(38(3,4)5)23-45-20-21-47(57(45,54)55)37(53)56-24-25-17-14-13-15-18-25/h12-15,17-18,26-30,32H,2,11,16,19-24H2,1,3-10H3,(H,41,50)(H,42,49)(H2,43,44,52)/t26-,27?,28+,29-,30-,32+/m0/s1. The van der Waals surface area contributed by atoms with Crippen molar-refractivity contribution in [1.29, 1.82) is 0 Å². The molecule has 4 N–H and O–H groups in total. The molecule has 0 spiro atoms. The van der Waals surface area contributed by atoms with Crippen LogP contribution in [0.15, 0.2) is 43.0 Å². The van der Waals surface area contributed by atoms with Crippen LogP contribution in [-0.4, -0.2) is 114 Å². The quantitative estimate of drug-likeness (QED) is 0.152. The maximum Gasteiger partial charge on any atom is 0.424 e. The highest BCUT2D eigenvalue weighted by atomic mass is 32.2. The lowest BCUT2D eigenvalue weighted by Crippen LogP contribution is -2.62. The van der Waals surface area contributed by atoms with Gasteiger partial charge in [0.25, 0.3) is 5.91 Å². The zero-order valence-corrected chi connectivity index (χ0v) is 35.5. The monoisotopic (exact) mass is 815 g/mol. The zero-order chi connectivity index (χ0) is 42.7. The third kappa shape index (κ3) is 10.3. The second-order valence-electron chi connectivity index (χ2n) is 17.9. The fourth-order valence-electron chi connectivity index (χ4n) is 7.66. The van der Waals surface area contributed by atoms with Gasteiger partial charge in [0.05, 0.1) is 12.6 Å². The topological polar surface area (TPSA) is 204 Å². The molecule has 0 aromatic heterocycles. The van der Waals surface area contributed by atoms with Gasteiger partial charge in [0.1, 0.15) is 18.7 Å². The fourth-order valence-corrected chi connectivity index (χ4v) is 9.14. The van der Waals surface area contributed by atoms with Gasteiger partial charge in [-0.1, -0.05) is 105 Å². The Hall–Kier alpha value is -4.51. The lowest BCUT2D eigenvalue weighted by atomic mass is 9.85. The summed E-state index contributed by atoms with van der Waals surface area (Å²) in [4.78, 5) is 82.3. The molecule has 6 amide bonds. The fraction of sp³-hybridized carbons (Fsp3) is 0.650. The largest absolute Gasteiger partial charge is 0.444 e. The molecule has 2 aliphatic heterocycles. The summed E-state index contributed by atoms with van der Waals surface area (Å²) in [5.41, 5.74) is -1.06. The van der Waals surface area contributed by atoms with Crippen molar-refractivity contribution in [1.82, 2.24) is 34.8 Å². The Labute approximate surface area is 337 Å². The number of hydrogen-bond donors (Lipinski definition) is 4. The molecule has 0 radical (unpaired) electrons. The van der Waals surface area contributed by atoms with E-state index in [0.717, 1.165) is 4.31 Å². The van der Waals surface area contributed by atoms with E-state index in [-0.39, 0.29) is 63.0 Å². The number of carbonyl (C=O) groups is 6. The molecular formula is C40H61N7O9S. The van der Waals surface area contributed by atoms with Gasteiger partial charge in [-0.05, 0) is 40.1 Å². The number of benzene rings is 1. The molecule has 4 rings (SSSR count). The molecule has 16 nitrogen and oxygen atoms in total. The van der Waals surface area contributed by atoms with Gasteiger partial charge in [-0.15, -0.1) is 6.58 Å². The number of hydrogen-bond acceptors (Lipinski definition) is 9. The van der Waals surface area contributed by atoms with Gasteiger partial charge in [-0.25, -0.2) is 9.59 Å². The highest BCUT2D eigenvalue weighted by Gasteiger charge is 2.70. The zero-order valence-electron chi connectivity index (χ0n) is 34.7. The summed E-state index contributed by atoms with van der Waals surface area (Å²) in [7, 11) is -4.27. The van der Waals surface area contributed by atoms with Crippen molar-refractivity contribution < 1.29 is 41.9 Å². The number of piperidine rings is 1. The van der Waals surface area contributed by atoms with Crippen LogP contribution < -0.4 is 21.3 Å². The van der Waals surface area contributed by atoms with E-state index >= 15 is 0 Å². The van der Waals surface area contributed by atoms with Crippen LogP contribution in [0.1, 0.15) is 80.7 Å². The maximum absolute atomic E-state index is 14.5. The summed E-state index contributed by atoms with van der Waals surface area (Å²) in [6.07, 6.45) is 1.18. The minimum Gasteiger partial charge on any atom is -0.444 e. The summed E-state index contributed by atoms with van der Waals surface area (Å²) in [6.45, 7) is 20.2. The minimum atomic E-state index is -4.27. The molecule has 3 aliphatic rings. The van der Waals surface area contributed by atoms with Gasteiger partial charge in [0.2, 0.25) is 17.6 Å². The molecule has 17 heteroatoms. The number of urea groups is 1. The lowest BCUT2D eigenvalue weighted by molar-refractivity contribution is -0.145. The first kappa shape index (κ1) is 45.2. The van der Waals surface area contributed by atoms with Crippen molar-refractivity contribution >= 4 is 45.8 Å². The van der Waals surface area contributed by atoms with Crippen LogP contribution in [0.25, 0.3) is 0 Å². The number of rotatable bonds is 15. The molecule has 1 aromatic carbocycles. The van der Waals surface area contributed by atoms with Crippen LogP contribution in [0.2, 0.25) is 0 Å². The van der Waals surface area contributed by atoms with E-state index in [1.807, 2.05) is 47.6 Å². The Balaban J connectivity index is 1.48. The molecule has 1 saturated carbocycles. The van der Waals surface area contributed by atoms with Crippen molar-refractivity contribution in [3.8, 4) is 0 Å². The van der Waals surface area contributed by atoms with Crippen molar-refractivity contribution in [3.05, 3.63) is 48.6 Å². The summed E-state index contributed by atoms with van der Waals surface area (Å²) in [6, 6.07) is 4.26. The Morgan fingerprint density at radius 3 is 2.19 bits per heavy atom. The summed E-state index contributed by atoms with van der Waals surface area (Å²) in [5.74, 6) is -2.85. The number of carbonyl (C=O) groups excluding carboxylic acids is 6. The van der Waals surface area contributed by atoms with Crippen molar-refractivity contribution in [2.45, 2.75) is 106 Å². The van der Waals surface area contributed by atoms with Crippen LogP contribution >= 0.6 is 0 Å². The average molecular weight is 816 g/mol. The predicted octanol–water partition coefficient (Wildman–Crippen LogP) is 2.95. The number of amides is 6. The summed E-state index contributed by atoms with van der Waals surface area (Å²) in [5, 5.41) is 10.9. The minimum absolute atomic E-state index is 0.00530. The summed E-state index contributed by atoms with van der Waals surface area (Å²) >= 11 is 0. The summed E-state index contributed by atoms with van der Waals surface area (Å²) < 4.78 is 34.1. The molecule has 2 heterocycles. The van der Waals surface area contributed by atoms with Gasteiger partial charge in [0, 0.05) is 32.2 Å². The highest BCUT2D eigenvalue weighted by Crippen LogP contribution is 2.65. The average Bonchev–Trinajstić information content (AvgIpc) is 3.39. The van der Waals surface area contributed by atoms with E-state index in [1.54, 1.807) is 45.0 Å². The lowest BCUT2D eigenvalue weighted by Gasteiger charge is -2.39. The Bertz CT molecular complexity index is 1810. The van der Waals surface area contributed by atoms with E-state index in [9.17, 15) is 37.2 Å². The number of fused-ring (bicyclic) bond motifs is 1. The predicted molar refractivity (Wildman–Crippen MR) is 213 cm³/mol. The molecule has 316 valence electrons. The highest BCUT2D eigenvalue weighted by molar-refractivity contribution is 7.87. The van der Waals surface area contributed by atoms with E-state index in [4.69, 9.17) is 4.74 Å². The number of likely N-dealkylation sites (tertiary alicyclic amines) is 1. The molecule has 1 aliphatic carbocycles.